The van der Waals surface area contributed by atoms with Gasteiger partial charge in [0.25, 0.3) is 5.56 Å². The molecule has 6 heteroatoms. The number of carbonyl (C=O) groups is 1. The van der Waals surface area contributed by atoms with Crippen molar-refractivity contribution < 1.29 is 9.90 Å². The molecule has 2 aliphatic rings. The Balaban J connectivity index is 1.17. The summed E-state index contributed by atoms with van der Waals surface area (Å²) in [5.74, 6) is 1.36. The van der Waals surface area contributed by atoms with Crippen molar-refractivity contribution >= 4 is 11.6 Å². The van der Waals surface area contributed by atoms with Crippen molar-refractivity contribution in [2.75, 3.05) is 5.32 Å². The third-order valence-corrected chi connectivity index (χ3v) is 7.13. The first-order valence-electron chi connectivity index (χ1n) is 11.8. The van der Waals surface area contributed by atoms with Gasteiger partial charge in [-0.2, -0.15) is 0 Å². The van der Waals surface area contributed by atoms with Gasteiger partial charge in [0.2, 0.25) is 5.91 Å². The van der Waals surface area contributed by atoms with E-state index in [1.807, 2.05) is 42.5 Å². The fourth-order valence-corrected chi connectivity index (χ4v) is 5.41. The van der Waals surface area contributed by atoms with E-state index in [-0.39, 0.29) is 11.5 Å². The molecule has 1 aromatic heterocycles. The van der Waals surface area contributed by atoms with Crippen LogP contribution in [0.4, 0.5) is 5.69 Å². The molecule has 1 amide bonds. The summed E-state index contributed by atoms with van der Waals surface area (Å²) in [5.41, 5.74) is 2.80. The van der Waals surface area contributed by atoms with Crippen LogP contribution >= 0.6 is 0 Å². The lowest BCUT2D eigenvalue weighted by atomic mass is 9.91. The Bertz CT molecular complexity index is 1170. The van der Waals surface area contributed by atoms with E-state index in [1.165, 1.54) is 22.4 Å². The van der Waals surface area contributed by atoms with E-state index in [0.29, 0.717) is 30.5 Å². The second-order valence-corrected chi connectivity index (χ2v) is 9.31. The van der Waals surface area contributed by atoms with Gasteiger partial charge in [0.1, 0.15) is 11.9 Å². The highest BCUT2D eigenvalue weighted by atomic mass is 16.3. The zero-order chi connectivity index (χ0) is 22.8. The first-order valence-corrected chi connectivity index (χ1v) is 11.8. The van der Waals surface area contributed by atoms with Crippen LogP contribution in [0.1, 0.15) is 54.8 Å². The highest BCUT2D eigenvalue weighted by molar-refractivity contribution is 5.94. The van der Waals surface area contributed by atoms with Gasteiger partial charge in [0, 0.05) is 24.4 Å². The molecule has 0 bridgehead atoms. The zero-order valence-electron chi connectivity index (χ0n) is 18.6. The average molecular weight is 444 g/mol. The molecule has 0 radical (unpaired) electrons. The zero-order valence-corrected chi connectivity index (χ0v) is 18.6. The van der Waals surface area contributed by atoms with Gasteiger partial charge in [-0.15, -0.1) is 0 Å². The molecule has 2 aromatic carbocycles. The molecule has 0 spiro atoms. The van der Waals surface area contributed by atoms with Gasteiger partial charge < -0.3 is 10.4 Å². The molecule has 2 N–H and O–H groups in total. The molecule has 1 fully saturated rings. The Kier molecular flexibility index (Phi) is 6.09. The minimum absolute atomic E-state index is 0.176. The minimum atomic E-state index is -0.507. The summed E-state index contributed by atoms with van der Waals surface area (Å²) in [5, 5.41) is 13.7. The third kappa shape index (κ3) is 4.62. The van der Waals surface area contributed by atoms with Crippen LogP contribution in [0.5, 0.6) is 0 Å². The number of amides is 1. The highest BCUT2D eigenvalue weighted by Gasteiger charge is 2.31. The van der Waals surface area contributed by atoms with Crippen LogP contribution in [0, 0.1) is 11.8 Å². The molecule has 1 aliphatic carbocycles. The molecule has 2 heterocycles. The number of fused-ring (bicyclic) bond motifs is 1. The van der Waals surface area contributed by atoms with Crippen molar-refractivity contribution in [2.45, 2.75) is 50.7 Å². The molecule has 1 aliphatic heterocycles. The molecule has 5 rings (SSSR count). The largest absolute Gasteiger partial charge is 0.388 e. The Hall–Kier alpha value is -3.25. The van der Waals surface area contributed by atoms with E-state index < -0.39 is 12.1 Å². The number of hydrogen-bond donors (Lipinski definition) is 2. The van der Waals surface area contributed by atoms with E-state index >= 15 is 0 Å². The smallest absolute Gasteiger partial charge is 0.254 e. The number of nitrogens with one attached hydrogen (secondary N) is 1. The highest BCUT2D eigenvalue weighted by Crippen LogP contribution is 2.40. The fraction of sp³-hybridized carbons (Fsp3) is 0.370. The molecular weight excluding hydrogens is 414 g/mol. The molecule has 1 saturated carbocycles. The van der Waals surface area contributed by atoms with Crippen LogP contribution in [0.3, 0.4) is 0 Å². The Morgan fingerprint density at radius 2 is 1.85 bits per heavy atom. The molecule has 2 unspecified atom stereocenters. The Labute approximate surface area is 193 Å². The van der Waals surface area contributed by atoms with Crippen molar-refractivity contribution in [2.24, 2.45) is 11.8 Å². The van der Waals surface area contributed by atoms with Crippen LogP contribution in [-0.2, 0) is 17.6 Å². The number of benzene rings is 2. The van der Waals surface area contributed by atoms with E-state index in [2.05, 4.69) is 22.4 Å². The van der Waals surface area contributed by atoms with E-state index in [1.54, 1.807) is 0 Å². The lowest BCUT2D eigenvalue weighted by Crippen LogP contribution is -2.31. The van der Waals surface area contributed by atoms with Gasteiger partial charge in [-0.1, -0.05) is 42.5 Å². The van der Waals surface area contributed by atoms with E-state index in [4.69, 9.17) is 0 Å². The monoisotopic (exact) mass is 443 g/mol. The number of nitrogens with zero attached hydrogens (tertiary/aromatic N) is 2. The molecule has 6 nitrogen and oxygen atoms in total. The number of anilines is 1. The molecule has 170 valence electrons. The second kappa shape index (κ2) is 9.32. The van der Waals surface area contributed by atoms with Gasteiger partial charge in [0.05, 0.1) is 6.10 Å². The Morgan fingerprint density at radius 3 is 2.64 bits per heavy atom. The number of carbonyl (C=O) groups excluding carboxylic acids is 1. The van der Waals surface area contributed by atoms with Crippen LogP contribution < -0.4 is 10.9 Å². The number of aliphatic hydroxyl groups is 1. The van der Waals surface area contributed by atoms with Crippen LogP contribution in [0.2, 0.25) is 0 Å². The number of aliphatic hydroxyl groups excluding tert-OH is 1. The van der Waals surface area contributed by atoms with Crippen LogP contribution in [-0.4, -0.2) is 20.6 Å². The normalized spacial score (nSPS) is 22.6. The predicted octanol–water partition coefficient (Wildman–Crippen LogP) is 4.06. The summed E-state index contributed by atoms with van der Waals surface area (Å²) in [7, 11) is 0. The third-order valence-electron chi connectivity index (χ3n) is 7.13. The van der Waals surface area contributed by atoms with Crippen LogP contribution in [0.15, 0.2) is 71.7 Å². The van der Waals surface area contributed by atoms with Gasteiger partial charge in [0.15, 0.2) is 0 Å². The Morgan fingerprint density at radius 1 is 1.06 bits per heavy atom. The minimum Gasteiger partial charge on any atom is -0.388 e. The number of rotatable bonds is 6. The van der Waals surface area contributed by atoms with Crippen molar-refractivity contribution in [3.05, 3.63) is 94.2 Å². The van der Waals surface area contributed by atoms with Gasteiger partial charge in [-0.25, -0.2) is 4.98 Å². The SMILES string of the molecule is O=C(Nc1ccc(C[C@@H]2CC[C@H](C(O)c3ccccc3)C2)cc1)C1CCc2nccc(=O)n21. The van der Waals surface area contributed by atoms with E-state index in [9.17, 15) is 14.7 Å². The standard InChI is InChI=1S/C27H29N3O3/c31-25-14-15-28-24-13-12-23(30(24)25)27(33)29-22-10-7-18(8-11-22)16-19-6-9-21(17-19)26(32)20-4-2-1-3-5-20/h1-5,7-8,10-11,14-15,19,21,23,26,32H,6,9,12-13,16-17H2,(H,29,33)/t19-,21-,23?,26?/m0/s1. The first kappa shape index (κ1) is 21.6. The van der Waals surface area contributed by atoms with Gasteiger partial charge in [-0.05, 0) is 67.2 Å². The maximum atomic E-state index is 12.8. The number of aryl methyl sites for hydroxylation is 1. The summed E-state index contributed by atoms with van der Waals surface area (Å²) in [6.45, 7) is 0. The summed E-state index contributed by atoms with van der Waals surface area (Å²) in [4.78, 5) is 29.2. The molecule has 0 saturated heterocycles. The lowest BCUT2D eigenvalue weighted by Gasteiger charge is -2.19. The fourth-order valence-electron chi connectivity index (χ4n) is 5.41. The number of aromatic nitrogens is 2. The van der Waals surface area contributed by atoms with Crippen molar-refractivity contribution in [1.82, 2.24) is 9.55 Å². The van der Waals surface area contributed by atoms with Gasteiger partial charge >= 0.3 is 0 Å². The molecule has 3 aromatic rings. The number of hydrogen-bond acceptors (Lipinski definition) is 4. The lowest BCUT2D eigenvalue weighted by molar-refractivity contribution is -0.119. The predicted molar refractivity (Wildman–Crippen MR) is 127 cm³/mol. The van der Waals surface area contributed by atoms with Crippen molar-refractivity contribution in [3.63, 3.8) is 0 Å². The van der Waals surface area contributed by atoms with Crippen LogP contribution in [0.25, 0.3) is 0 Å². The van der Waals surface area contributed by atoms with E-state index in [0.717, 1.165) is 36.9 Å². The topological polar surface area (TPSA) is 84.2 Å². The quantitative estimate of drug-likeness (QED) is 0.602. The summed E-state index contributed by atoms with van der Waals surface area (Å²) >= 11 is 0. The summed E-state index contributed by atoms with van der Waals surface area (Å²) in [6, 6.07) is 18.8. The summed E-state index contributed by atoms with van der Waals surface area (Å²) < 4.78 is 1.50. The molecule has 4 atom stereocenters. The maximum absolute atomic E-state index is 12.8. The average Bonchev–Trinajstić information content (AvgIpc) is 3.49. The first-order chi connectivity index (χ1) is 16.1. The maximum Gasteiger partial charge on any atom is 0.254 e. The van der Waals surface area contributed by atoms with Crippen molar-refractivity contribution in [3.8, 4) is 0 Å². The second-order valence-electron chi connectivity index (χ2n) is 9.31. The summed E-state index contributed by atoms with van der Waals surface area (Å²) in [6.07, 6.45) is 6.51. The van der Waals surface area contributed by atoms with Gasteiger partial charge in [-0.3, -0.25) is 14.2 Å². The molecule has 33 heavy (non-hydrogen) atoms. The molecular formula is C27H29N3O3. The van der Waals surface area contributed by atoms with Crippen molar-refractivity contribution in [1.29, 1.82) is 0 Å².